The van der Waals surface area contributed by atoms with Gasteiger partial charge in [0.1, 0.15) is 11.9 Å². The number of morpholine rings is 1. The van der Waals surface area contributed by atoms with Gasteiger partial charge in [0.25, 0.3) is 5.91 Å². The van der Waals surface area contributed by atoms with Gasteiger partial charge in [0.2, 0.25) is 0 Å². The molecule has 0 bridgehead atoms. The van der Waals surface area contributed by atoms with Gasteiger partial charge in [-0.05, 0) is 32.1 Å². The van der Waals surface area contributed by atoms with Gasteiger partial charge in [-0.15, -0.1) is 0 Å². The first kappa shape index (κ1) is 15.1. The molecule has 0 radical (unpaired) electrons. The lowest BCUT2D eigenvalue weighted by Crippen LogP contribution is -2.51. The topological polar surface area (TPSA) is 58.8 Å². The quantitative estimate of drug-likeness (QED) is 0.846. The van der Waals surface area contributed by atoms with Gasteiger partial charge in [0.05, 0.1) is 12.3 Å². The summed E-state index contributed by atoms with van der Waals surface area (Å²) in [7, 11) is 0. The zero-order chi connectivity index (χ0) is 15.6. The maximum Gasteiger partial charge on any atom is 0.253 e. The van der Waals surface area contributed by atoms with Crippen LogP contribution in [-0.4, -0.2) is 59.8 Å². The lowest BCUT2D eigenvalue weighted by atomic mass is 10.1. The number of carbonyl (C=O) groups excluding carboxylic acids is 1. The maximum absolute atomic E-state index is 12.6. The molecule has 2 saturated heterocycles. The van der Waals surface area contributed by atoms with Crippen molar-refractivity contribution in [2.45, 2.75) is 50.7 Å². The smallest absolute Gasteiger partial charge is 0.253 e. The van der Waals surface area contributed by atoms with Crippen molar-refractivity contribution < 1.29 is 14.1 Å². The van der Waals surface area contributed by atoms with Crippen LogP contribution in [-0.2, 0) is 16.1 Å². The van der Waals surface area contributed by atoms with E-state index >= 15 is 0 Å². The van der Waals surface area contributed by atoms with E-state index in [0.717, 1.165) is 50.5 Å². The Kier molecular flexibility index (Phi) is 4.35. The van der Waals surface area contributed by atoms with Gasteiger partial charge < -0.3 is 14.2 Å². The first-order valence-electron chi connectivity index (χ1n) is 8.88. The number of rotatable bonds is 4. The Morgan fingerprint density at radius 3 is 2.83 bits per heavy atom. The highest BCUT2D eigenvalue weighted by molar-refractivity contribution is 5.81. The average Bonchev–Trinajstić information content (AvgIpc) is 3.35. The molecule has 3 fully saturated rings. The summed E-state index contributed by atoms with van der Waals surface area (Å²) in [5, 5.41) is 4.18. The predicted octanol–water partition coefficient (Wildman–Crippen LogP) is 1.77. The third kappa shape index (κ3) is 3.58. The monoisotopic (exact) mass is 319 g/mol. The molecule has 2 aliphatic heterocycles. The molecule has 6 heteroatoms. The molecular weight excluding hydrogens is 294 g/mol. The predicted molar refractivity (Wildman–Crippen MR) is 83.9 cm³/mol. The SMILES string of the molecule is O=C(C1CN(Cc2cc(C3CC3)on2)CCO1)N1CCCCC1. The van der Waals surface area contributed by atoms with Crippen LogP contribution in [0.25, 0.3) is 0 Å². The minimum Gasteiger partial charge on any atom is -0.366 e. The molecule has 3 aliphatic rings. The minimum absolute atomic E-state index is 0.160. The molecule has 1 saturated carbocycles. The number of hydrogen-bond acceptors (Lipinski definition) is 5. The van der Waals surface area contributed by atoms with E-state index in [0.29, 0.717) is 19.1 Å². The fraction of sp³-hybridized carbons (Fsp3) is 0.765. The van der Waals surface area contributed by atoms with Crippen LogP contribution in [0.4, 0.5) is 0 Å². The molecule has 0 aromatic carbocycles. The van der Waals surface area contributed by atoms with Gasteiger partial charge in [-0.2, -0.15) is 0 Å². The number of aromatic nitrogens is 1. The standard InChI is InChI=1S/C17H25N3O3/c21-17(20-6-2-1-3-7-20)16-12-19(8-9-22-16)11-14-10-15(23-18-14)13-4-5-13/h10,13,16H,1-9,11-12H2. The molecule has 1 aromatic rings. The first-order chi connectivity index (χ1) is 11.3. The van der Waals surface area contributed by atoms with Crippen molar-refractivity contribution >= 4 is 5.91 Å². The van der Waals surface area contributed by atoms with Crippen molar-refractivity contribution in [1.29, 1.82) is 0 Å². The highest BCUT2D eigenvalue weighted by Gasteiger charge is 2.32. The summed E-state index contributed by atoms with van der Waals surface area (Å²) in [6.07, 6.45) is 5.58. The molecule has 1 amide bonds. The first-order valence-corrected chi connectivity index (χ1v) is 8.88. The van der Waals surface area contributed by atoms with Gasteiger partial charge >= 0.3 is 0 Å². The summed E-state index contributed by atoms with van der Waals surface area (Å²) in [5.74, 6) is 1.77. The summed E-state index contributed by atoms with van der Waals surface area (Å²) < 4.78 is 11.2. The number of hydrogen-bond donors (Lipinski definition) is 0. The molecule has 6 nitrogen and oxygen atoms in total. The number of ether oxygens (including phenoxy) is 1. The van der Waals surface area contributed by atoms with Crippen LogP contribution in [0.5, 0.6) is 0 Å². The van der Waals surface area contributed by atoms with Gasteiger partial charge in [-0.3, -0.25) is 9.69 Å². The second-order valence-corrected chi connectivity index (χ2v) is 6.98. The summed E-state index contributed by atoms with van der Waals surface area (Å²) in [5.41, 5.74) is 0.970. The van der Waals surface area contributed by atoms with E-state index in [1.54, 1.807) is 0 Å². The number of piperidine rings is 1. The molecule has 1 aliphatic carbocycles. The molecule has 3 heterocycles. The summed E-state index contributed by atoms with van der Waals surface area (Å²) in [6.45, 7) is 4.61. The summed E-state index contributed by atoms with van der Waals surface area (Å²) >= 11 is 0. The van der Waals surface area contributed by atoms with Crippen LogP contribution in [0.15, 0.2) is 10.6 Å². The molecule has 126 valence electrons. The van der Waals surface area contributed by atoms with Crippen molar-refractivity contribution in [2.24, 2.45) is 0 Å². The lowest BCUT2D eigenvalue weighted by Gasteiger charge is -2.35. The largest absolute Gasteiger partial charge is 0.366 e. The van der Waals surface area contributed by atoms with E-state index in [1.165, 1.54) is 19.3 Å². The second kappa shape index (κ2) is 6.61. The molecular formula is C17H25N3O3. The van der Waals surface area contributed by atoms with Crippen molar-refractivity contribution in [3.63, 3.8) is 0 Å². The van der Waals surface area contributed by atoms with Crippen LogP contribution in [0.2, 0.25) is 0 Å². The van der Waals surface area contributed by atoms with Crippen LogP contribution < -0.4 is 0 Å². The Morgan fingerprint density at radius 1 is 1.22 bits per heavy atom. The Balaban J connectivity index is 1.33. The third-order valence-electron chi connectivity index (χ3n) is 5.04. The molecule has 1 atom stereocenters. The molecule has 1 unspecified atom stereocenters. The molecule has 23 heavy (non-hydrogen) atoms. The number of likely N-dealkylation sites (tertiary alicyclic amines) is 1. The highest BCUT2D eigenvalue weighted by Crippen LogP contribution is 2.40. The maximum atomic E-state index is 12.6. The van der Waals surface area contributed by atoms with Crippen molar-refractivity contribution in [3.05, 3.63) is 17.5 Å². The van der Waals surface area contributed by atoms with Gasteiger partial charge in [-0.25, -0.2) is 0 Å². The zero-order valence-electron chi connectivity index (χ0n) is 13.6. The Morgan fingerprint density at radius 2 is 2.04 bits per heavy atom. The number of nitrogens with zero attached hydrogens (tertiary/aromatic N) is 3. The van der Waals surface area contributed by atoms with Crippen molar-refractivity contribution in [1.82, 2.24) is 15.0 Å². The summed E-state index contributed by atoms with van der Waals surface area (Å²) in [4.78, 5) is 16.8. The average molecular weight is 319 g/mol. The third-order valence-corrected chi connectivity index (χ3v) is 5.04. The van der Waals surface area contributed by atoms with Crippen LogP contribution in [0.1, 0.15) is 49.5 Å². The fourth-order valence-corrected chi connectivity index (χ4v) is 3.51. The Bertz CT molecular complexity index is 549. The normalized spacial score (nSPS) is 26.4. The van der Waals surface area contributed by atoms with E-state index < -0.39 is 0 Å². The van der Waals surface area contributed by atoms with E-state index in [2.05, 4.69) is 16.1 Å². The van der Waals surface area contributed by atoms with Crippen LogP contribution in [0.3, 0.4) is 0 Å². The Labute approximate surface area is 136 Å². The lowest BCUT2D eigenvalue weighted by molar-refractivity contribution is -0.150. The number of amides is 1. The van der Waals surface area contributed by atoms with E-state index in [1.807, 2.05) is 4.90 Å². The van der Waals surface area contributed by atoms with Gasteiger partial charge in [-0.1, -0.05) is 5.16 Å². The molecule has 0 spiro atoms. The van der Waals surface area contributed by atoms with E-state index in [4.69, 9.17) is 9.26 Å². The van der Waals surface area contributed by atoms with E-state index in [9.17, 15) is 4.79 Å². The van der Waals surface area contributed by atoms with E-state index in [-0.39, 0.29) is 12.0 Å². The zero-order valence-corrected chi connectivity index (χ0v) is 13.6. The number of carbonyl (C=O) groups is 1. The highest BCUT2D eigenvalue weighted by atomic mass is 16.5. The van der Waals surface area contributed by atoms with Gasteiger partial charge in [0, 0.05) is 44.7 Å². The molecule has 0 N–H and O–H groups in total. The van der Waals surface area contributed by atoms with Crippen LogP contribution >= 0.6 is 0 Å². The van der Waals surface area contributed by atoms with Gasteiger partial charge in [0.15, 0.2) is 0 Å². The molecule has 4 rings (SSSR count). The second-order valence-electron chi connectivity index (χ2n) is 6.98. The van der Waals surface area contributed by atoms with Crippen molar-refractivity contribution in [2.75, 3.05) is 32.8 Å². The van der Waals surface area contributed by atoms with Crippen molar-refractivity contribution in [3.8, 4) is 0 Å². The Hall–Kier alpha value is -1.40. The fourth-order valence-electron chi connectivity index (χ4n) is 3.51. The minimum atomic E-state index is -0.323. The van der Waals surface area contributed by atoms with Crippen LogP contribution in [0, 0.1) is 0 Å². The summed E-state index contributed by atoms with van der Waals surface area (Å²) in [6, 6.07) is 2.08. The molecule has 1 aromatic heterocycles.